The second-order valence-corrected chi connectivity index (χ2v) is 7.82. The highest BCUT2D eigenvalue weighted by Crippen LogP contribution is 2.36. The van der Waals surface area contributed by atoms with Crippen molar-refractivity contribution in [3.8, 4) is 17.0 Å². The maximum atomic E-state index is 8.79. The first-order valence-electron chi connectivity index (χ1n) is 6.70. The molecule has 1 N–H and O–H groups in total. The van der Waals surface area contributed by atoms with Crippen molar-refractivity contribution in [1.82, 2.24) is 4.98 Å². The Labute approximate surface area is 142 Å². The van der Waals surface area contributed by atoms with Crippen molar-refractivity contribution in [3.05, 3.63) is 32.0 Å². The third-order valence-corrected chi connectivity index (χ3v) is 4.64. The molecule has 21 heavy (non-hydrogen) atoms. The molecule has 0 aliphatic carbocycles. The lowest BCUT2D eigenvalue weighted by Crippen LogP contribution is -2.02. The number of hydrogen-bond donors (Lipinski definition) is 1. The molecule has 1 aromatic carbocycles. The van der Waals surface area contributed by atoms with E-state index in [0.717, 1.165) is 21.6 Å². The quantitative estimate of drug-likeness (QED) is 0.770. The number of benzene rings is 1. The molecule has 114 valence electrons. The highest BCUT2D eigenvalue weighted by molar-refractivity contribution is 9.11. The van der Waals surface area contributed by atoms with Gasteiger partial charge in [-0.3, -0.25) is 0 Å². The monoisotopic (exact) mass is 389 g/mol. The van der Waals surface area contributed by atoms with Gasteiger partial charge < -0.3 is 9.84 Å². The van der Waals surface area contributed by atoms with Crippen molar-refractivity contribution in [1.29, 1.82) is 0 Å². The fourth-order valence-corrected chi connectivity index (χ4v) is 3.99. The molecule has 0 bridgehead atoms. The summed E-state index contributed by atoms with van der Waals surface area (Å²) in [7, 11) is 0. The number of ether oxygens (including phenoxy) is 1. The van der Waals surface area contributed by atoms with Crippen molar-refractivity contribution in [2.24, 2.45) is 5.92 Å². The summed E-state index contributed by atoms with van der Waals surface area (Å²) >= 11 is 11.4. The molecule has 6 heteroatoms. The highest BCUT2D eigenvalue weighted by atomic mass is 79.9. The second kappa shape index (κ2) is 7.58. The van der Waals surface area contributed by atoms with E-state index >= 15 is 0 Å². The molecule has 0 amide bonds. The average Bonchev–Trinajstić information content (AvgIpc) is 2.77. The van der Waals surface area contributed by atoms with Crippen LogP contribution in [0.4, 0.5) is 0 Å². The number of aliphatic hydroxyl groups excluding tert-OH is 1. The fraction of sp³-hybridized carbons (Fsp3) is 0.400. The van der Waals surface area contributed by atoms with Crippen molar-refractivity contribution < 1.29 is 9.84 Å². The van der Waals surface area contributed by atoms with Crippen molar-refractivity contribution in [2.75, 3.05) is 13.2 Å². The lowest BCUT2D eigenvalue weighted by atomic mass is 10.0. The number of nitrogens with zero attached hydrogens (tertiary/aromatic N) is 1. The van der Waals surface area contributed by atoms with Crippen LogP contribution in [-0.2, 0) is 6.42 Å². The van der Waals surface area contributed by atoms with Gasteiger partial charge in [-0.05, 0) is 46.5 Å². The summed E-state index contributed by atoms with van der Waals surface area (Å²) in [4.78, 5) is 5.81. The van der Waals surface area contributed by atoms with Crippen LogP contribution in [0, 0.1) is 5.92 Å². The van der Waals surface area contributed by atoms with Gasteiger partial charge in [0.25, 0.3) is 0 Å². The molecule has 2 rings (SSSR count). The van der Waals surface area contributed by atoms with E-state index in [-0.39, 0.29) is 13.2 Å². The maximum Gasteiger partial charge on any atom is 0.160 e. The normalized spacial score (nSPS) is 11.1. The number of thiazole rings is 1. The Balaban J connectivity index is 2.32. The van der Waals surface area contributed by atoms with Crippen LogP contribution in [0.25, 0.3) is 11.3 Å². The van der Waals surface area contributed by atoms with Crippen molar-refractivity contribution in [3.63, 3.8) is 0 Å². The summed E-state index contributed by atoms with van der Waals surface area (Å²) in [6, 6.07) is 5.63. The Morgan fingerprint density at radius 1 is 1.43 bits per heavy atom. The lowest BCUT2D eigenvalue weighted by molar-refractivity contribution is 0.201. The van der Waals surface area contributed by atoms with Gasteiger partial charge in [-0.1, -0.05) is 25.4 Å². The summed E-state index contributed by atoms with van der Waals surface area (Å²) in [6.45, 7) is 4.59. The molecule has 0 radical (unpaired) electrons. The zero-order valence-corrected chi connectivity index (χ0v) is 15.1. The number of aromatic nitrogens is 1. The molecule has 1 heterocycles. The molecule has 2 aromatic rings. The van der Waals surface area contributed by atoms with Crippen LogP contribution >= 0.6 is 38.9 Å². The molecule has 0 saturated carbocycles. The van der Waals surface area contributed by atoms with Gasteiger partial charge >= 0.3 is 0 Å². The first-order valence-corrected chi connectivity index (χ1v) is 8.68. The topological polar surface area (TPSA) is 42.4 Å². The summed E-state index contributed by atoms with van der Waals surface area (Å²) in [6.07, 6.45) is 0.985. The minimum atomic E-state index is -0.0321. The molecule has 0 atom stereocenters. The van der Waals surface area contributed by atoms with E-state index in [0.29, 0.717) is 16.7 Å². The molecular formula is C15H17BrClNO2S. The standard InChI is InChI=1S/C15H17BrClNO2S/c1-9(2)7-13-14(18-15(16)21-13)10-3-4-12(11(17)8-10)20-6-5-19/h3-4,8-9,19H,5-7H2,1-2H3. The zero-order chi connectivity index (χ0) is 15.4. The van der Waals surface area contributed by atoms with Crippen LogP contribution in [0.3, 0.4) is 0 Å². The van der Waals surface area contributed by atoms with Gasteiger partial charge in [0.05, 0.1) is 17.3 Å². The zero-order valence-electron chi connectivity index (χ0n) is 11.9. The number of halogens is 2. The molecular weight excluding hydrogens is 374 g/mol. The molecule has 0 spiro atoms. The lowest BCUT2D eigenvalue weighted by Gasteiger charge is -2.09. The molecule has 0 aliphatic heterocycles. The van der Waals surface area contributed by atoms with E-state index < -0.39 is 0 Å². The third-order valence-electron chi connectivity index (χ3n) is 2.82. The molecule has 0 fully saturated rings. The SMILES string of the molecule is CC(C)Cc1sc(Br)nc1-c1ccc(OCCO)c(Cl)c1. The van der Waals surface area contributed by atoms with Gasteiger partial charge in [0, 0.05) is 10.4 Å². The van der Waals surface area contributed by atoms with Gasteiger partial charge in [-0.2, -0.15) is 0 Å². The Morgan fingerprint density at radius 2 is 2.19 bits per heavy atom. The first-order chi connectivity index (χ1) is 10.0. The molecule has 0 unspecified atom stereocenters. The van der Waals surface area contributed by atoms with Gasteiger partial charge in [0.15, 0.2) is 3.92 Å². The van der Waals surface area contributed by atoms with Crippen LogP contribution in [0.5, 0.6) is 5.75 Å². The highest BCUT2D eigenvalue weighted by Gasteiger charge is 2.14. The third kappa shape index (κ3) is 4.42. The van der Waals surface area contributed by atoms with E-state index in [1.807, 2.05) is 18.2 Å². The largest absolute Gasteiger partial charge is 0.490 e. The Morgan fingerprint density at radius 3 is 2.81 bits per heavy atom. The second-order valence-electron chi connectivity index (χ2n) is 5.05. The average molecular weight is 391 g/mol. The molecule has 0 aliphatic rings. The summed E-state index contributed by atoms with van der Waals surface area (Å²) in [5, 5.41) is 9.32. The van der Waals surface area contributed by atoms with E-state index in [1.165, 1.54) is 4.88 Å². The van der Waals surface area contributed by atoms with E-state index in [4.69, 9.17) is 21.4 Å². The van der Waals surface area contributed by atoms with Crippen LogP contribution in [0.2, 0.25) is 5.02 Å². The van der Waals surface area contributed by atoms with Gasteiger partial charge in [0.1, 0.15) is 12.4 Å². The van der Waals surface area contributed by atoms with Crippen molar-refractivity contribution in [2.45, 2.75) is 20.3 Å². The minimum absolute atomic E-state index is 0.0321. The first kappa shape index (κ1) is 16.7. The smallest absolute Gasteiger partial charge is 0.160 e. The van der Waals surface area contributed by atoms with E-state index in [2.05, 4.69) is 34.8 Å². The predicted molar refractivity (Wildman–Crippen MR) is 91.4 cm³/mol. The van der Waals surface area contributed by atoms with Crippen LogP contribution in [-0.4, -0.2) is 23.3 Å². The molecule has 3 nitrogen and oxygen atoms in total. The van der Waals surface area contributed by atoms with Crippen LogP contribution < -0.4 is 4.74 Å². The van der Waals surface area contributed by atoms with Crippen molar-refractivity contribution >= 4 is 38.9 Å². The minimum Gasteiger partial charge on any atom is -0.490 e. The Kier molecular flexibility index (Phi) is 6.05. The summed E-state index contributed by atoms with van der Waals surface area (Å²) in [5.74, 6) is 1.15. The summed E-state index contributed by atoms with van der Waals surface area (Å²) < 4.78 is 6.25. The van der Waals surface area contributed by atoms with Crippen LogP contribution in [0.1, 0.15) is 18.7 Å². The van der Waals surface area contributed by atoms with Gasteiger partial charge in [0.2, 0.25) is 0 Å². The molecule has 0 saturated heterocycles. The van der Waals surface area contributed by atoms with Crippen LogP contribution in [0.15, 0.2) is 22.1 Å². The van der Waals surface area contributed by atoms with E-state index in [9.17, 15) is 0 Å². The van der Waals surface area contributed by atoms with Gasteiger partial charge in [-0.25, -0.2) is 4.98 Å². The number of rotatable bonds is 6. The van der Waals surface area contributed by atoms with E-state index in [1.54, 1.807) is 11.3 Å². The molecule has 1 aromatic heterocycles. The van der Waals surface area contributed by atoms with Gasteiger partial charge in [-0.15, -0.1) is 11.3 Å². The fourth-order valence-electron chi connectivity index (χ4n) is 1.98. The Hall–Kier alpha value is -0.620. The summed E-state index contributed by atoms with van der Waals surface area (Å²) in [5.41, 5.74) is 1.95. The predicted octanol–water partition coefficient (Wildman–Crippen LogP) is 4.80. The number of hydrogen-bond acceptors (Lipinski definition) is 4. The maximum absolute atomic E-state index is 8.79. The number of aliphatic hydroxyl groups is 1. The Bertz CT molecular complexity index is 616.